The fourth-order valence-corrected chi connectivity index (χ4v) is 2.68. The standard InChI is InChI=1S/C15H25N3/c1-4-16-15-8-7-14(10-17-15)11-18-9-5-6-12(2)13(18)3/h7-8,10,12-13H,4-6,9,11H2,1-3H3,(H,16,17). The van der Waals surface area contributed by atoms with Gasteiger partial charge < -0.3 is 5.32 Å². The van der Waals surface area contributed by atoms with Gasteiger partial charge in [-0.25, -0.2) is 4.98 Å². The molecule has 100 valence electrons. The van der Waals surface area contributed by atoms with Crippen molar-refractivity contribution in [1.82, 2.24) is 9.88 Å². The number of rotatable bonds is 4. The second-order valence-corrected chi connectivity index (χ2v) is 5.41. The summed E-state index contributed by atoms with van der Waals surface area (Å²) in [4.78, 5) is 7.02. The highest BCUT2D eigenvalue weighted by Gasteiger charge is 2.24. The lowest BCUT2D eigenvalue weighted by atomic mass is 9.92. The number of piperidine rings is 1. The van der Waals surface area contributed by atoms with E-state index in [4.69, 9.17) is 0 Å². The summed E-state index contributed by atoms with van der Waals surface area (Å²) in [6, 6.07) is 4.96. The summed E-state index contributed by atoms with van der Waals surface area (Å²) in [5.41, 5.74) is 1.32. The lowest BCUT2D eigenvalue weighted by Gasteiger charge is -2.37. The van der Waals surface area contributed by atoms with Crippen molar-refractivity contribution in [2.24, 2.45) is 5.92 Å². The molecule has 2 rings (SSSR count). The average Bonchev–Trinajstić information content (AvgIpc) is 2.38. The number of hydrogen-bond donors (Lipinski definition) is 1. The van der Waals surface area contributed by atoms with E-state index in [9.17, 15) is 0 Å². The molecule has 0 amide bonds. The molecule has 1 saturated heterocycles. The lowest BCUT2D eigenvalue weighted by Crippen LogP contribution is -2.41. The molecular weight excluding hydrogens is 222 g/mol. The molecule has 1 N–H and O–H groups in total. The Hall–Kier alpha value is -1.09. The van der Waals surface area contributed by atoms with Crippen molar-refractivity contribution >= 4 is 5.82 Å². The lowest BCUT2D eigenvalue weighted by molar-refractivity contribution is 0.106. The molecule has 1 aromatic rings. The van der Waals surface area contributed by atoms with Gasteiger partial charge in [0.05, 0.1) is 0 Å². The van der Waals surface area contributed by atoms with Gasteiger partial charge in [0, 0.05) is 25.3 Å². The quantitative estimate of drug-likeness (QED) is 0.886. The molecule has 3 nitrogen and oxygen atoms in total. The van der Waals surface area contributed by atoms with Gasteiger partial charge >= 0.3 is 0 Å². The molecule has 0 bridgehead atoms. The first-order chi connectivity index (χ1) is 8.70. The van der Waals surface area contributed by atoms with Crippen LogP contribution in [0.4, 0.5) is 5.82 Å². The monoisotopic (exact) mass is 247 g/mol. The molecule has 1 aromatic heterocycles. The number of anilines is 1. The highest BCUT2D eigenvalue weighted by Crippen LogP contribution is 2.24. The SMILES string of the molecule is CCNc1ccc(CN2CCCC(C)C2C)cn1. The molecule has 1 fully saturated rings. The maximum Gasteiger partial charge on any atom is 0.125 e. The predicted molar refractivity (Wildman–Crippen MR) is 76.7 cm³/mol. The van der Waals surface area contributed by atoms with E-state index < -0.39 is 0 Å². The van der Waals surface area contributed by atoms with E-state index in [0.29, 0.717) is 6.04 Å². The van der Waals surface area contributed by atoms with Crippen molar-refractivity contribution in [1.29, 1.82) is 0 Å². The van der Waals surface area contributed by atoms with Crippen LogP contribution >= 0.6 is 0 Å². The van der Waals surface area contributed by atoms with Gasteiger partial charge in [-0.1, -0.05) is 13.0 Å². The van der Waals surface area contributed by atoms with E-state index in [-0.39, 0.29) is 0 Å². The third-order valence-electron chi connectivity index (χ3n) is 4.07. The highest BCUT2D eigenvalue weighted by atomic mass is 15.2. The van der Waals surface area contributed by atoms with Gasteiger partial charge in [0.2, 0.25) is 0 Å². The Bertz CT molecular complexity index is 361. The smallest absolute Gasteiger partial charge is 0.125 e. The van der Waals surface area contributed by atoms with Crippen molar-refractivity contribution < 1.29 is 0 Å². The second-order valence-electron chi connectivity index (χ2n) is 5.41. The maximum atomic E-state index is 4.44. The normalized spacial score (nSPS) is 25.1. The zero-order valence-electron chi connectivity index (χ0n) is 11.8. The fraction of sp³-hybridized carbons (Fsp3) is 0.667. The van der Waals surface area contributed by atoms with Crippen molar-refractivity contribution in [3.63, 3.8) is 0 Å². The van der Waals surface area contributed by atoms with Crippen LogP contribution in [0.2, 0.25) is 0 Å². The Morgan fingerprint density at radius 1 is 1.39 bits per heavy atom. The largest absolute Gasteiger partial charge is 0.370 e. The first-order valence-corrected chi connectivity index (χ1v) is 7.13. The summed E-state index contributed by atoms with van der Waals surface area (Å²) >= 11 is 0. The molecule has 0 radical (unpaired) electrons. The van der Waals surface area contributed by atoms with Crippen LogP contribution in [-0.2, 0) is 6.54 Å². The van der Waals surface area contributed by atoms with E-state index in [0.717, 1.165) is 24.8 Å². The third-order valence-corrected chi connectivity index (χ3v) is 4.07. The summed E-state index contributed by atoms with van der Waals surface area (Å²) in [6.07, 6.45) is 4.70. The second kappa shape index (κ2) is 6.19. The Morgan fingerprint density at radius 2 is 2.22 bits per heavy atom. The summed E-state index contributed by atoms with van der Waals surface area (Å²) in [5, 5.41) is 3.23. The number of hydrogen-bond acceptors (Lipinski definition) is 3. The number of nitrogens with zero attached hydrogens (tertiary/aromatic N) is 2. The van der Waals surface area contributed by atoms with Gasteiger partial charge in [0.25, 0.3) is 0 Å². The molecule has 1 aliphatic rings. The van der Waals surface area contributed by atoms with E-state index in [1.807, 2.05) is 6.20 Å². The summed E-state index contributed by atoms with van der Waals surface area (Å²) in [7, 11) is 0. The highest BCUT2D eigenvalue weighted by molar-refractivity contribution is 5.35. The summed E-state index contributed by atoms with van der Waals surface area (Å²) in [5.74, 6) is 1.79. The van der Waals surface area contributed by atoms with Crippen LogP contribution in [0.3, 0.4) is 0 Å². The van der Waals surface area contributed by atoms with E-state index >= 15 is 0 Å². The van der Waals surface area contributed by atoms with Crippen LogP contribution in [0, 0.1) is 5.92 Å². The molecule has 18 heavy (non-hydrogen) atoms. The van der Waals surface area contributed by atoms with Crippen molar-refractivity contribution in [2.75, 3.05) is 18.4 Å². The van der Waals surface area contributed by atoms with E-state index in [2.05, 4.69) is 48.1 Å². The topological polar surface area (TPSA) is 28.2 Å². The minimum atomic E-state index is 0.687. The molecule has 0 aromatic carbocycles. The van der Waals surface area contributed by atoms with Gasteiger partial charge in [-0.3, -0.25) is 4.90 Å². The molecule has 2 unspecified atom stereocenters. The fourth-order valence-electron chi connectivity index (χ4n) is 2.68. The maximum absolute atomic E-state index is 4.44. The zero-order valence-corrected chi connectivity index (χ0v) is 11.8. The molecule has 3 heteroatoms. The van der Waals surface area contributed by atoms with Gasteiger partial charge in [-0.05, 0) is 50.8 Å². The van der Waals surface area contributed by atoms with Gasteiger partial charge in [0.1, 0.15) is 5.82 Å². The number of likely N-dealkylation sites (tertiary alicyclic amines) is 1. The summed E-state index contributed by atoms with van der Waals surface area (Å²) in [6.45, 7) is 9.98. The average molecular weight is 247 g/mol. The van der Waals surface area contributed by atoms with Crippen LogP contribution in [0.5, 0.6) is 0 Å². The van der Waals surface area contributed by atoms with Crippen LogP contribution in [0.15, 0.2) is 18.3 Å². The predicted octanol–water partition coefficient (Wildman–Crippen LogP) is 3.13. The molecular formula is C15H25N3. The molecule has 0 spiro atoms. The van der Waals surface area contributed by atoms with Crippen LogP contribution in [0.1, 0.15) is 39.2 Å². The van der Waals surface area contributed by atoms with E-state index in [1.165, 1.54) is 24.9 Å². The molecule has 2 atom stereocenters. The van der Waals surface area contributed by atoms with Crippen LogP contribution in [0.25, 0.3) is 0 Å². The molecule has 0 saturated carbocycles. The first-order valence-electron chi connectivity index (χ1n) is 7.13. The summed E-state index contributed by atoms with van der Waals surface area (Å²) < 4.78 is 0. The first kappa shape index (κ1) is 13.3. The Balaban J connectivity index is 1.96. The van der Waals surface area contributed by atoms with Gasteiger partial charge in [0.15, 0.2) is 0 Å². The molecule has 1 aliphatic heterocycles. The Kier molecular flexibility index (Phi) is 4.59. The van der Waals surface area contributed by atoms with Crippen LogP contribution in [-0.4, -0.2) is 29.0 Å². The van der Waals surface area contributed by atoms with Crippen molar-refractivity contribution in [3.8, 4) is 0 Å². The van der Waals surface area contributed by atoms with E-state index in [1.54, 1.807) is 0 Å². The number of pyridine rings is 1. The minimum absolute atomic E-state index is 0.687. The van der Waals surface area contributed by atoms with Crippen LogP contribution < -0.4 is 5.32 Å². The van der Waals surface area contributed by atoms with Gasteiger partial charge in [-0.15, -0.1) is 0 Å². The Morgan fingerprint density at radius 3 is 2.89 bits per heavy atom. The number of nitrogens with one attached hydrogen (secondary N) is 1. The zero-order chi connectivity index (χ0) is 13.0. The molecule has 0 aliphatic carbocycles. The third kappa shape index (κ3) is 3.22. The minimum Gasteiger partial charge on any atom is -0.370 e. The Labute approximate surface area is 111 Å². The molecule has 2 heterocycles. The van der Waals surface area contributed by atoms with Crippen molar-refractivity contribution in [2.45, 2.75) is 46.2 Å². The van der Waals surface area contributed by atoms with Gasteiger partial charge in [-0.2, -0.15) is 0 Å². The number of aromatic nitrogens is 1. The van der Waals surface area contributed by atoms with Crippen molar-refractivity contribution in [3.05, 3.63) is 23.9 Å².